The quantitative estimate of drug-likeness (QED) is 0.627. The van der Waals surface area contributed by atoms with Crippen molar-refractivity contribution in [3.63, 3.8) is 0 Å². The molecule has 0 atom stereocenters. The fourth-order valence-corrected chi connectivity index (χ4v) is 0.915. The molecular weight excluding hydrogens is 152 g/mol. The van der Waals surface area contributed by atoms with Gasteiger partial charge in [-0.15, -0.1) is 6.58 Å². The second kappa shape index (κ2) is 3.85. The van der Waals surface area contributed by atoms with Crippen molar-refractivity contribution in [2.45, 2.75) is 19.9 Å². The molecule has 1 rings (SSSR count). The van der Waals surface area contributed by atoms with E-state index in [9.17, 15) is 4.79 Å². The Labute approximate surface area is 71.4 Å². The lowest BCUT2D eigenvalue weighted by Crippen LogP contribution is -2.19. The SMILES string of the molecule is C=CCCn1cnc(C)cc1=O. The lowest BCUT2D eigenvalue weighted by atomic mass is 10.4. The Kier molecular flexibility index (Phi) is 2.80. The number of aryl methyl sites for hydroxylation is 2. The Balaban J connectivity index is 2.86. The monoisotopic (exact) mass is 164 g/mol. The number of hydrogen-bond donors (Lipinski definition) is 0. The average Bonchev–Trinajstić information content (AvgIpc) is 2.03. The first-order valence-electron chi connectivity index (χ1n) is 3.88. The Morgan fingerprint density at radius 1 is 1.75 bits per heavy atom. The fraction of sp³-hybridized carbons (Fsp3) is 0.333. The van der Waals surface area contributed by atoms with Gasteiger partial charge in [0.1, 0.15) is 0 Å². The van der Waals surface area contributed by atoms with E-state index in [0.29, 0.717) is 6.54 Å². The Hall–Kier alpha value is -1.38. The van der Waals surface area contributed by atoms with Gasteiger partial charge >= 0.3 is 0 Å². The van der Waals surface area contributed by atoms with Gasteiger partial charge in [0, 0.05) is 18.3 Å². The van der Waals surface area contributed by atoms with Crippen molar-refractivity contribution in [2.24, 2.45) is 0 Å². The molecule has 3 heteroatoms. The van der Waals surface area contributed by atoms with E-state index in [1.807, 2.05) is 0 Å². The third kappa shape index (κ3) is 2.05. The largest absolute Gasteiger partial charge is 0.299 e. The molecular formula is C9H12N2O. The van der Waals surface area contributed by atoms with E-state index in [2.05, 4.69) is 11.6 Å². The number of hydrogen-bond acceptors (Lipinski definition) is 2. The molecule has 0 radical (unpaired) electrons. The van der Waals surface area contributed by atoms with Crippen LogP contribution in [0.1, 0.15) is 12.1 Å². The average molecular weight is 164 g/mol. The van der Waals surface area contributed by atoms with E-state index in [1.54, 1.807) is 23.9 Å². The van der Waals surface area contributed by atoms with Crippen LogP contribution in [0.3, 0.4) is 0 Å². The molecule has 1 heterocycles. The number of allylic oxidation sites excluding steroid dienone is 1. The van der Waals surface area contributed by atoms with Gasteiger partial charge in [0.15, 0.2) is 0 Å². The summed E-state index contributed by atoms with van der Waals surface area (Å²) in [6.07, 6.45) is 4.15. The van der Waals surface area contributed by atoms with Crippen molar-refractivity contribution in [1.29, 1.82) is 0 Å². The summed E-state index contributed by atoms with van der Waals surface area (Å²) >= 11 is 0. The van der Waals surface area contributed by atoms with Crippen molar-refractivity contribution >= 4 is 0 Å². The van der Waals surface area contributed by atoms with Gasteiger partial charge in [-0.25, -0.2) is 4.98 Å². The van der Waals surface area contributed by atoms with Crippen LogP contribution in [-0.2, 0) is 6.54 Å². The molecule has 0 aliphatic carbocycles. The molecule has 1 aromatic rings. The summed E-state index contributed by atoms with van der Waals surface area (Å²) in [6, 6.07) is 1.53. The molecule has 12 heavy (non-hydrogen) atoms. The molecule has 0 spiro atoms. The zero-order valence-corrected chi connectivity index (χ0v) is 7.16. The zero-order chi connectivity index (χ0) is 8.97. The van der Waals surface area contributed by atoms with E-state index in [0.717, 1.165) is 12.1 Å². The molecule has 0 unspecified atom stereocenters. The number of rotatable bonds is 3. The fourth-order valence-electron chi connectivity index (χ4n) is 0.915. The van der Waals surface area contributed by atoms with E-state index in [-0.39, 0.29) is 5.56 Å². The molecule has 0 N–H and O–H groups in total. The molecule has 0 amide bonds. The Morgan fingerprint density at radius 2 is 2.50 bits per heavy atom. The van der Waals surface area contributed by atoms with Gasteiger partial charge in [-0.05, 0) is 13.3 Å². The van der Waals surface area contributed by atoms with Gasteiger partial charge in [-0.1, -0.05) is 6.08 Å². The third-order valence-corrected chi connectivity index (χ3v) is 1.59. The molecule has 64 valence electrons. The molecule has 0 aliphatic rings. The summed E-state index contributed by atoms with van der Waals surface area (Å²) in [5.41, 5.74) is 0.763. The topological polar surface area (TPSA) is 34.9 Å². The van der Waals surface area contributed by atoms with Crippen molar-refractivity contribution in [1.82, 2.24) is 9.55 Å². The maximum atomic E-state index is 11.2. The van der Waals surface area contributed by atoms with Crippen molar-refractivity contribution < 1.29 is 0 Å². The molecule has 0 aromatic carbocycles. The highest BCUT2D eigenvalue weighted by Crippen LogP contribution is 1.88. The standard InChI is InChI=1S/C9H12N2O/c1-3-4-5-11-7-10-8(2)6-9(11)12/h3,6-7H,1,4-5H2,2H3. The normalized spacial score (nSPS) is 9.75. The molecule has 0 fully saturated rings. The highest BCUT2D eigenvalue weighted by Gasteiger charge is 1.94. The predicted octanol–water partition coefficient (Wildman–Crippen LogP) is 1.13. The first-order chi connectivity index (χ1) is 5.74. The maximum Gasteiger partial charge on any atom is 0.253 e. The maximum absolute atomic E-state index is 11.2. The molecule has 3 nitrogen and oxygen atoms in total. The van der Waals surface area contributed by atoms with Gasteiger partial charge in [0.2, 0.25) is 0 Å². The first kappa shape index (κ1) is 8.71. The summed E-state index contributed by atoms with van der Waals surface area (Å²) in [5, 5.41) is 0. The highest BCUT2D eigenvalue weighted by atomic mass is 16.1. The van der Waals surface area contributed by atoms with E-state index < -0.39 is 0 Å². The second-order valence-corrected chi connectivity index (χ2v) is 2.64. The molecule has 1 aromatic heterocycles. The third-order valence-electron chi connectivity index (χ3n) is 1.59. The van der Waals surface area contributed by atoms with Gasteiger partial charge in [0.05, 0.1) is 6.33 Å². The first-order valence-corrected chi connectivity index (χ1v) is 3.88. The summed E-state index contributed by atoms with van der Waals surface area (Å²) < 4.78 is 1.58. The van der Waals surface area contributed by atoms with Crippen LogP contribution in [0.25, 0.3) is 0 Å². The molecule has 0 aliphatic heterocycles. The van der Waals surface area contributed by atoms with Crippen LogP contribution in [0.15, 0.2) is 29.8 Å². The van der Waals surface area contributed by atoms with Crippen LogP contribution in [0.2, 0.25) is 0 Å². The minimum absolute atomic E-state index is 0.00403. The smallest absolute Gasteiger partial charge is 0.253 e. The van der Waals surface area contributed by atoms with Gasteiger partial charge < -0.3 is 0 Å². The highest BCUT2D eigenvalue weighted by molar-refractivity contribution is 4.96. The molecule has 0 saturated carbocycles. The lowest BCUT2D eigenvalue weighted by molar-refractivity contribution is 0.662. The molecule has 0 saturated heterocycles. The van der Waals surface area contributed by atoms with Crippen LogP contribution in [0.4, 0.5) is 0 Å². The number of aromatic nitrogens is 2. The van der Waals surface area contributed by atoms with E-state index in [4.69, 9.17) is 0 Å². The zero-order valence-electron chi connectivity index (χ0n) is 7.16. The van der Waals surface area contributed by atoms with E-state index >= 15 is 0 Å². The minimum atomic E-state index is 0.00403. The Bertz CT molecular complexity index is 328. The molecule has 0 bridgehead atoms. The summed E-state index contributed by atoms with van der Waals surface area (Å²) in [7, 11) is 0. The van der Waals surface area contributed by atoms with Gasteiger partial charge in [-0.3, -0.25) is 9.36 Å². The van der Waals surface area contributed by atoms with Gasteiger partial charge in [-0.2, -0.15) is 0 Å². The van der Waals surface area contributed by atoms with Crippen molar-refractivity contribution in [2.75, 3.05) is 0 Å². The van der Waals surface area contributed by atoms with Crippen molar-refractivity contribution in [3.8, 4) is 0 Å². The van der Waals surface area contributed by atoms with Crippen LogP contribution in [-0.4, -0.2) is 9.55 Å². The van der Waals surface area contributed by atoms with Crippen molar-refractivity contribution in [3.05, 3.63) is 41.1 Å². The van der Waals surface area contributed by atoms with Crippen LogP contribution < -0.4 is 5.56 Å². The van der Waals surface area contributed by atoms with Crippen LogP contribution >= 0.6 is 0 Å². The lowest BCUT2D eigenvalue weighted by Gasteiger charge is -2.01. The van der Waals surface area contributed by atoms with Crippen LogP contribution in [0, 0.1) is 6.92 Å². The summed E-state index contributed by atoms with van der Waals surface area (Å²) in [5.74, 6) is 0. The summed E-state index contributed by atoms with van der Waals surface area (Å²) in [4.78, 5) is 15.3. The summed E-state index contributed by atoms with van der Waals surface area (Å²) in [6.45, 7) is 6.05. The minimum Gasteiger partial charge on any atom is -0.299 e. The number of nitrogens with zero attached hydrogens (tertiary/aromatic N) is 2. The Morgan fingerprint density at radius 3 is 3.08 bits per heavy atom. The second-order valence-electron chi connectivity index (χ2n) is 2.64. The van der Waals surface area contributed by atoms with E-state index in [1.165, 1.54) is 6.07 Å². The van der Waals surface area contributed by atoms with Gasteiger partial charge in [0.25, 0.3) is 5.56 Å². The van der Waals surface area contributed by atoms with Crippen LogP contribution in [0.5, 0.6) is 0 Å². The predicted molar refractivity (Wildman–Crippen MR) is 48.0 cm³/mol.